The summed E-state index contributed by atoms with van der Waals surface area (Å²) in [5.74, 6) is 0.200. The maximum Gasteiger partial charge on any atom is 0.472 e. The number of unbranched alkanes of at least 4 members (excludes halogenated alkanes) is 41. The molecule has 0 heterocycles. The average Bonchev–Trinajstić information content (AvgIpc) is 1.73. The quantitative estimate of drug-likeness (QED) is 0.0222. The minimum atomic E-state index is -4.96. The molecule has 0 aliphatic heterocycles. The maximum absolute atomic E-state index is 13.1. The van der Waals surface area contributed by atoms with Crippen LogP contribution in [0.15, 0.2) is 0 Å². The van der Waals surface area contributed by atoms with Crippen molar-refractivity contribution >= 4 is 39.5 Å². The molecular weight excluding hydrogens is 1250 g/mol. The molecule has 0 bridgehead atoms. The van der Waals surface area contributed by atoms with Crippen molar-refractivity contribution in [3.63, 3.8) is 0 Å². The molecule has 95 heavy (non-hydrogen) atoms. The highest BCUT2D eigenvalue weighted by molar-refractivity contribution is 7.47. The topological polar surface area (TPSA) is 237 Å². The predicted molar refractivity (Wildman–Crippen MR) is 386 cm³/mol. The zero-order chi connectivity index (χ0) is 70.1. The molecule has 0 aromatic heterocycles. The molecular formula is C76H148O17P2. The van der Waals surface area contributed by atoms with Gasteiger partial charge in [0, 0.05) is 25.7 Å². The number of hydrogen-bond donors (Lipinski definition) is 3. The number of phosphoric acid groups is 2. The van der Waals surface area contributed by atoms with Crippen LogP contribution in [0, 0.1) is 17.8 Å². The van der Waals surface area contributed by atoms with Crippen molar-refractivity contribution in [2.75, 3.05) is 39.6 Å². The molecule has 0 aliphatic carbocycles. The molecule has 0 saturated heterocycles. The number of esters is 4. The number of ether oxygens (including phenoxy) is 4. The normalized spacial score (nSPS) is 14.4. The molecule has 0 rings (SSSR count). The van der Waals surface area contributed by atoms with Crippen molar-refractivity contribution in [3.05, 3.63) is 0 Å². The van der Waals surface area contributed by atoms with Crippen LogP contribution in [0.4, 0.5) is 0 Å². The van der Waals surface area contributed by atoms with Crippen LogP contribution in [0.3, 0.4) is 0 Å². The van der Waals surface area contributed by atoms with E-state index in [1.807, 2.05) is 0 Å². The fourth-order valence-electron chi connectivity index (χ4n) is 11.6. The van der Waals surface area contributed by atoms with Gasteiger partial charge in [-0.05, 0) is 43.4 Å². The third-order valence-corrected chi connectivity index (χ3v) is 19.9. The molecule has 19 heteroatoms. The molecule has 17 nitrogen and oxygen atoms in total. The van der Waals surface area contributed by atoms with Crippen LogP contribution in [-0.2, 0) is 65.4 Å². The Balaban J connectivity index is 5.25. The Morgan fingerprint density at radius 2 is 0.537 bits per heavy atom. The zero-order valence-corrected chi connectivity index (χ0v) is 63.9. The van der Waals surface area contributed by atoms with E-state index in [1.54, 1.807) is 0 Å². The zero-order valence-electron chi connectivity index (χ0n) is 62.1. The molecule has 3 N–H and O–H groups in total. The van der Waals surface area contributed by atoms with E-state index in [0.717, 1.165) is 108 Å². The van der Waals surface area contributed by atoms with Gasteiger partial charge in [-0.1, -0.05) is 337 Å². The van der Waals surface area contributed by atoms with E-state index in [-0.39, 0.29) is 25.7 Å². The van der Waals surface area contributed by atoms with Crippen LogP contribution < -0.4 is 0 Å². The van der Waals surface area contributed by atoms with Gasteiger partial charge in [0.05, 0.1) is 26.4 Å². The summed E-state index contributed by atoms with van der Waals surface area (Å²) in [5, 5.41) is 10.6. The first kappa shape index (κ1) is 93.1. The number of carbonyl (C=O) groups is 4. The van der Waals surface area contributed by atoms with Crippen molar-refractivity contribution in [1.29, 1.82) is 0 Å². The lowest BCUT2D eigenvalue weighted by Gasteiger charge is -2.21. The highest BCUT2D eigenvalue weighted by Gasteiger charge is 2.30. The van der Waals surface area contributed by atoms with E-state index in [4.69, 9.17) is 37.0 Å². The Morgan fingerprint density at radius 1 is 0.305 bits per heavy atom. The number of phosphoric ester groups is 2. The minimum absolute atomic E-state index is 0.107. The smallest absolute Gasteiger partial charge is 0.462 e. The summed E-state index contributed by atoms with van der Waals surface area (Å²) in [6.45, 7) is 11.9. The Morgan fingerprint density at radius 3 is 0.800 bits per heavy atom. The standard InChI is InChI=1S/C76H148O17P2/c1-8-10-11-12-13-14-15-19-23-30-37-45-52-59-75(80)93-72(64-87-74(79)58-51-44-39-32-34-41-48-55-68(5)6)66-91-95(84,85)89-62-70(77)61-88-94(82,83)90-65-71(63-86-73(78)57-50-43-36-29-26-25-28-35-42-49-56-69(7)9-2)92-76(81)60-53-46-38-31-24-21-18-16-17-20-22-27-33-40-47-54-67(3)4/h67-72,77H,8-66H2,1-7H3,(H,82,83)(H,84,85)/t69?,70-,71-,72-/m1/s1. The van der Waals surface area contributed by atoms with Gasteiger partial charge >= 0.3 is 39.5 Å². The van der Waals surface area contributed by atoms with E-state index < -0.39 is 97.5 Å². The highest BCUT2D eigenvalue weighted by atomic mass is 31.2. The first-order valence-corrected chi connectivity index (χ1v) is 42.4. The molecule has 0 aromatic rings. The SMILES string of the molecule is CCCCCCCCCCCCCCCC(=O)O[C@H](COC(=O)CCCCCCCCCC(C)C)COP(=O)(O)OC[C@H](O)COP(=O)(O)OC[C@@H](COC(=O)CCCCCCCCCCCCC(C)CC)OC(=O)CCCCCCCCCCCCCCCCCC(C)C. The third kappa shape index (κ3) is 69.0. The Kier molecular flexibility index (Phi) is 65.2. The second-order valence-electron chi connectivity index (χ2n) is 28.6. The van der Waals surface area contributed by atoms with Crippen LogP contribution in [-0.4, -0.2) is 96.7 Å². The Bertz CT molecular complexity index is 1850. The van der Waals surface area contributed by atoms with E-state index in [1.165, 1.54) is 193 Å². The van der Waals surface area contributed by atoms with Gasteiger partial charge in [-0.3, -0.25) is 37.3 Å². The maximum atomic E-state index is 13.1. The predicted octanol–water partition coefficient (Wildman–Crippen LogP) is 22.2. The fourth-order valence-corrected chi connectivity index (χ4v) is 13.1. The number of aliphatic hydroxyl groups is 1. The van der Waals surface area contributed by atoms with E-state index in [9.17, 15) is 43.2 Å². The molecule has 0 aromatic carbocycles. The van der Waals surface area contributed by atoms with Crippen LogP contribution >= 0.6 is 15.6 Å². The average molecular weight is 1400 g/mol. The van der Waals surface area contributed by atoms with Gasteiger partial charge in [-0.2, -0.15) is 0 Å². The summed E-state index contributed by atoms with van der Waals surface area (Å²) in [4.78, 5) is 72.8. The lowest BCUT2D eigenvalue weighted by Crippen LogP contribution is -2.30. The van der Waals surface area contributed by atoms with Crippen LogP contribution in [0.25, 0.3) is 0 Å². The van der Waals surface area contributed by atoms with Crippen LogP contribution in [0.5, 0.6) is 0 Å². The summed E-state index contributed by atoms with van der Waals surface area (Å²) >= 11 is 0. The first-order chi connectivity index (χ1) is 45.8. The number of aliphatic hydroxyl groups excluding tert-OH is 1. The molecule has 0 saturated carbocycles. The molecule has 0 fully saturated rings. The molecule has 0 amide bonds. The molecule has 0 radical (unpaired) electrons. The monoisotopic (exact) mass is 1400 g/mol. The summed E-state index contributed by atoms with van der Waals surface area (Å²) < 4.78 is 68.5. The van der Waals surface area contributed by atoms with Crippen molar-refractivity contribution in [2.45, 2.75) is 407 Å². The molecule has 6 atom stereocenters. The lowest BCUT2D eigenvalue weighted by molar-refractivity contribution is -0.161. The molecule has 0 aliphatic rings. The van der Waals surface area contributed by atoms with E-state index >= 15 is 0 Å². The van der Waals surface area contributed by atoms with Crippen molar-refractivity contribution in [3.8, 4) is 0 Å². The van der Waals surface area contributed by atoms with Crippen molar-refractivity contribution in [2.24, 2.45) is 17.8 Å². The van der Waals surface area contributed by atoms with Gasteiger partial charge in [0.25, 0.3) is 0 Å². The first-order valence-electron chi connectivity index (χ1n) is 39.4. The van der Waals surface area contributed by atoms with Gasteiger partial charge in [0.15, 0.2) is 12.2 Å². The fraction of sp³-hybridized carbons (Fsp3) is 0.947. The molecule has 0 spiro atoms. The van der Waals surface area contributed by atoms with Gasteiger partial charge in [0.2, 0.25) is 0 Å². The van der Waals surface area contributed by atoms with Gasteiger partial charge < -0.3 is 33.8 Å². The van der Waals surface area contributed by atoms with Crippen LogP contribution in [0.1, 0.15) is 389 Å². The van der Waals surface area contributed by atoms with Gasteiger partial charge in [-0.25, -0.2) is 9.13 Å². The number of carbonyl (C=O) groups excluding carboxylic acids is 4. The lowest BCUT2D eigenvalue weighted by atomic mass is 9.99. The molecule has 3 unspecified atom stereocenters. The van der Waals surface area contributed by atoms with E-state index in [0.29, 0.717) is 31.6 Å². The summed E-state index contributed by atoms with van der Waals surface area (Å²) in [6, 6.07) is 0. The van der Waals surface area contributed by atoms with Crippen molar-refractivity contribution < 1.29 is 80.2 Å². The summed E-state index contributed by atoms with van der Waals surface area (Å²) in [6.07, 6.45) is 52.6. The summed E-state index contributed by atoms with van der Waals surface area (Å²) in [7, 11) is -9.91. The van der Waals surface area contributed by atoms with Gasteiger partial charge in [0.1, 0.15) is 19.3 Å². The van der Waals surface area contributed by atoms with Crippen LogP contribution in [0.2, 0.25) is 0 Å². The second kappa shape index (κ2) is 66.6. The van der Waals surface area contributed by atoms with Crippen molar-refractivity contribution in [1.82, 2.24) is 0 Å². The Hall–Kier alpha value is -1.94. The molecule has 564 valence electrons. The minimum Gasteiger partial charge on any atom is -0.462 e. The number of rotatable bonds is 74. The summed E-state index contributed by atoms with van der Waals surface area (Å²) in [5.41, 5.74) is 0. The number of hydrogen-bond acceptors (Lipinski definition) is 15. The third-order valence-electron chi connectivity index (χ3n) is 18.0. The largest absolute Gasteiger partial charge is 0.472 e. The second-order valence-corrected chi connectivity index (χ2v) is 31.5. The highest BCUT2D eigenvalue weighted by Crippen LogP contribution is 2.45. The van der Waals surface area contributed by atoms with E-state index in [2.05, 4.69) is 48.5 Å². The van der Waals surface area contributed by atoms with Gasteiger partial charge in [-0.15, -0.1) is 0 Å². The Labute approximate surface area is 581 Å².